The molecule has 2 heterocycles. The van der Waals surface area contributed by atoms with E-state index in [4.69, 9.17) is 21.1 Å². The van der Waals surface area contributed by atoms with Crippen molar-refractivity contribution in [3.8, 4) is 11.3 Å². The van der Waals surface area contributed by atoms with Crippen molar-refractivity contribution >= 4 is 45.8 Å². The molecule has 0 aliphatic heterocycles. The molecule has 0 aliphatic carbocycles. The minimum Gasteiger partial charge on any atom is -0.465 e. The van der Waals surface area contributed by atoms with Crippen molar-refractivity contribution in [3.63, 3.8) is 0 Å². The SMILES string of the molecule is COC(=O)c1sc(NC(=O)c2cc(-c3ccc(Cl)cc3)n[nH]2)c(C(=O)OC)c1C. The second kappa shape index (κ2) is 8.46. The Hall–Kier alpha value is -3.17. The minimum atomic E-state index is -0.671. The Bertz CT molecular complexity index is 1090. The molecule has 0 saturated carbocycles. The van der Waals surface area contributed by atoms with Gasteiger partial charge in [-0.1, -0.05) is 23.7 Å². The van der Waals surface area contributed by atoms with Crippen molar-refractivity contribution in [1.29, 1.82) is 0 Å². The second-order valence-corrected chi connectivity index (χ2v) is 7.33. The van der Waals surface area contributed by atoms with E-state index in [1.54, 1.807) is 37.3 Å². The summed E-state index contributed by atoms with van der Waals surface area (Å²) in [5.74, 6) is -1.80. The predicted molar refractivity (Wildman–Crippen MR) is 109 cm³/mol. The van der Waals surface area contributed by atoms with Crippen LogP contribution in [-0.4, -0.2) is 42.3 Å². The molecule has 8 nitrogen and oxygen atoms in total. The summed E-state index contributed by atoms with van der Waals surface area (Å²) in [6.07, 6.45) is 0. The number of ether oxygens (including phenoxy) is 2. The largest absolute Gasteiger partial charge is 0.465 e. The van der Waals surface area contributed by atoms with Crippen LogP contribution >= 0.6 is 22.9 Å². The number of anilines is 1. The number of aromatic amines is 1. The third-order valence-corrected chi connectivity index (χ3v) is 5.54. The number of amides is 1. The molecule has 0 bridgehead atoms. The highest BCUT2D eigenvalue weighted by atomic mass is 35.5. The number of benzene rings is 1. The molecular weight excluding hydrogens is 418 g/mol. The van der Waals surface area contributed by atoms with Gasteiger partial charge in [0.15, 0.2) is 0 Å². The first-order chi connectivity index (χ1) is 13.8. The number of H-pyrrole nitrogens is 1. The number of halogens is 1. The van der Waals surface area contributed by atoms with Gasteiger partial charge < -0.3 is 14.8 Å². The van der Waals surface area contributed by atoms with Gasteiger partial charge in [-0.3, -0.25) is 9.89 Å². The first kappa shape index (κ1) is 20.6. The third kappa shape index (κ3) is 4.15. The Balaban J connectivity index is 1.90. The molecule has 3 rings (SSSR count). The van der Waals surface area contributed by atoms with Crippen LogP contribution in [0.15, 0.2) is 30.3 Å². The van der Waals surface area contributed by atoms with Gasteiger partial charge in [-0.05, 0) is 30.7 Å². The first-order valence-corrected chi connectivity index (χ1v) is 9.47. The molecule has 0 spiro atoms. The lowest BCUT2D eigenvalue weighted by atomic mass is 10.1. The lowest BCUT2D eigenvalue weighted by Gasteiger charge is -2.04. The van der Waals surface area contributed by atoms with Crippen LogP contribution in [0.5, 0.6) is 0 Å². The van der Waals surface area contributed by atoms with Crippen molar-refractivity contribution in [2.45, 2.75) is 6.92 Å². The van der Waals surface area contributed by atoms with Gasteiger partial charge in [0, 0.05) is 10.6 Å². The van der Waals surface area contributed by atoms with E-state index < -0.39 is 17.8 Å². The summed E-state index contributed by atoms with van der Waals surface area (Å²) in [6.45, 7) is 1.58. The third-order valence-electron chi connectivity index (χ3n) is 4.10. The number of esters is 2. The molecule has 2 aromatic heterocycles. The highest BCUT2D eigenvalue weighted by molar-refractivity contribution is 7.18. The highest BCUT2D eigenvalue weighted by Gasteiger charge is 2.27. The molecule has 2 N–H and O–H groups in total. The fraction of sp³-hybridized carbons (Fsp3) is 0.158. The van der Waals surface area contributed by atoms with E-state index in [0.717, 1.165) is 16.9 Å². The maximum Gasteiger partial charge on any atom is 0.348 e. The van der Waals surface area contributed by atoms with E-state index in [1.165, 1.54) is 14.2 Å². The van der Waals surface area contributed by atoms with Gasteiger partial charge in [-0.15, -0.1) is 11.3 Å². The van der Waals surface area contributed by atoms with Gasteiger partial charge in [-0.2, -0.15) is 5.10 Å². The number of methoxy groups -OCH3 is 2. The molecular formula is C19H16ClN3O5S. The summed E-state index contributed by atoms with van der Waals surface area (Å²) in [4.78, 5) is 37.0. The monoisotopic (exact) mass is 433 g/mol. The smallest absolute Gasteiger partial charge is 0.348 e. The molecule has 0 atom stereocenters. The van der Waals surface area contributed by atoms with Crippen LogP contribution in [0.1, 0.15) is 36.1 Å². The Morgan fingerprint density at radius 3 is 2.38 bits per heavy atom. The fourth-order valence-electron chi connectivity index (χ4n) is 2.61. The van der Waals surface area contributed by atoms with Crippen molar-refractivity contribution < 1.29 is 23.9 Å². The average Bonchev–Trinajstić information content (AvgIpc) is 3.33. The molecule has 10 heteroatoms. The van der Waals surface area contributed by atoms with Gasteiger partial charge in [0.25, 0.3) is 5.91 Å². The molecule has 0 saturated heterocycles. The lowest BCUT2D eigenvalue weighted by Crippen LogP contribution is -2.14. The van der Waals surface area contributed by atoms with Crippen molar-refractivity contribution in [2.75, 3.05) is 19.5 Å². The molecule has 0 unspecified atom stereocenters. The summed E-state index contributed by atoms with van der Waals surface area (Å²) in [6, 6.07) is 8.56. The Morgan fingerprint density at radius 2 is 1.76 bits per heavy atom. The van der Waals surface area contributed by atoms with Gasteiger partial charge in [-0.25, -0.2) is 9.59 Å². The molecule has 1 amide bonds. The average molecular weight is 434 g/mol. The van der Waals surface area contributed by atoms with Crippen LogP contribution in [0, 0.1) is 6.92 Å². The summed E-state index contributed by atoms with van der Waals surface area (Å²) in [5.41, 5.74) is 1.98. The maximum atomic E-state index is 12.7. The van der Waals surface area contributed by atoms with E-state index in [9.17, 15) is 14.4 Å². The summed E-state index contributed by atoms with van der Waals surface area (Å²) < 4.78 is 9.51. The van der Waals surface area contributed by atoms with E-state index in [0.29, 0.717) is 16.3 Å². The topological polar surface area (TPSA) is 110 Å². The van der Waals surface area contributed by atoms with Crippen LogP contribution < -0.4 is 5.32 Å². The van der Waals surface area contributed by atoms with Gasteiger partial charge in [0.2, 0.25) is 0 Å². The van der Waals surface area contributed by atoms with Crippen LogP contribution in [0.25, 0.3) is 11.3 Å². The van der Waals surface area contributed by atoms with Crippen LogP contribution in [0.2, 0.25) is 5.02 Å². The molecule has 0 radical (unpaired) electrons. The number of nitrogens with one attached hydrogen (secondary N) is 2. The Labute approximate surface area is 174 Å². The number of aromatic nitrogens is 2. The number of nitrogens with zero attached hydrogens (tertiary/aromatic N) is 1. The number of carbonyl (C=O) groups excluding carboxylic acids is 3. The highest BCUT2D eigenvalue weighted by Crippen LogP contribution is 2.34. The number of hydrogen-bond acceptors (Lipinski definition) is 7. The first-order valence-electron chi connectivity index (χ1n) is 8.28. The van der Waals surface area contributed by atoms with Crippen LogP contribution in [0.4, 0.5) is 5.00 Å². The number of thiophene rings is 1. The van der Waals surface area contributed by atoms with Gasteiger partial charge >= 0.3 is 11.9 Å². The zero-order valence-electron chi connectivity index (χ0n) is 15.7. The Morgan fingerprint density at radius 1 is 1.10 bits per heavy atom. The number of rotatable bonds is 5. The molecule has 29 heavy (non-hydrogen) atoms. The molecule has 0 aliphatic rings. The second-order valence-electron chi connectivity index (χ2n) is 5.87. The summed E-state index contributed by atoms with van der Waals surface area (Å²) in [5, 5.41) is 10.2. The normalized spacial score (nSPS) is 10.5. The Kier molecular flexibility index (Phi) is 6.00. The maximum absolute atomic E-state index is 12.7. The van der Waals surface area contributed by atoms with Crippen molar-refractivity contribution in [1.82, 2.24) is 10.2 Å². The van der Waals surface area contributed by atoms with E-state index in [2.05, 4.69) is 15.5 Å². The zero-order chi connectivity index (χ0) is 21.1. The minimum absolute atomic E-state index is 0.101. The fourth-order valence-corrected chi connectivity index (χ4v) is 3.85. The van der Waals surface area contributed by atoms with Crippen LogP contribution in [0.3, 0.4) is 0 Å². The predicted octanol–water partition coefficient (Wildman–Crippen LogP) is 3.93. The number of hydrogen-bond donors (Lipinski definition) is 2. The molecule has 1 aromatic carbocycles. The van der Waals surface area contributed by atoms with E-state index >= 15 is 0 Å². The molecule has 150 valence electrons. The summed E-state index contributed by atoms with van der Waals surface area (Å²) in [7, 11) is 2.45. The quantitative estimate of drug-likeness (QED) is 0.590. The van der Waals surface area contributed by atoms with Gasteiger partial charge in [0.1, 0.15) is 15.6 Å². The molecule has 0 fully saturated rings. The van der Waals surface area contributed by atoms with Crippen molar-refractivity contribution in [3.05, 3.63) is 57.1 Å². The van der Waals surface area contributed by atoms with Crippen LogP contribution in [-0.2, 0) is 9.47 Å². The van der Waals surface area contributed by atoms with E-state index in [-0.39, 0.29) is 21.1 Å². The zero-order valence-corrected chi connectivity index (χ0v) is 17.2. The lowest BCUT2D eigenvalue weighted by molar-refractivity contribution is 0.0601. The molecule has 3 aromatic rings. The van der Waals surface area contributed by atoms with Crippen molar-refractivity contribution in [2.24, 2.45) is 0 Å². The van der Waals surface area contributed by atoms with E-state index in [1.807, 2.05) is 0 Å². The number of carbonyl (C=O) groups is 3. The summed E-state index contributed by atoms with van der Waals surface area (Å²) >= 11 is 6.82. The van der Waals surface area contributed by atoms with Gasteiger partial charge in [0.05, 0.1) is 25.5 Å². The standard InChI is InChI=1S/C19H16ClN3O5S/c1-9-14(18(25)27-2)17(29-15(9)19(26)28-3)21-16(24)13-8-12(22-23-13)10-4-6-11(20)7-5-10/h4-8H,1-3H3,(H,21,24)(H,22,23).